The Labute approximate surface area is 112 Å². The standard InChI is InChI=1S/C14H20N4O/c1-9-4-5-11-12(16-9)18(13(15)17-11)10-6-7-19-14(2,3)8-10/h4-5,10H,6-8H2,1-3H3,(H2,15,17). The summed E-state index contributed by atoms with van der Waals surface area (Å²) in [6.45, 7) is 6.98. The summed E-state index contributed by atoms with van der Waals surface area (Å²) >= 11 is 0. The zero-order chi connectivity index (χ0) is 13.6. The maximum Gasteiger partial charge on any atom is 0.202 e. The molecule has 3 heterocycles. The molecule has 5 nitrogen and oxygen atoms in total. The quantitative estimate of drug-likeness (QED) is 0.855. The van der Waals surface area contributed by atoms with Crippen LogP contribution in [0.25, 0.3) is 11.2 Å². The van der Waals surface area contributed by atoms with Crippen molar-refractivity contribution in [3.8, 4) is 0 Å². The van der Waals surface area contributed by atoms with Crippen LogP contribution in [0.15, 0.2) is 12.1 Å². The summed E-state index contributed by atoms with van der Waals surface area (Å²) in [5, 5.41) is 0. The Balaban J connectivity index is 2.08. The first-order valence-corrected chi connectivity index (χ1v) is 6.71. The number of nitrogens with two attached hydrogens (primary N) is 1. The van der Waals surface area contributed by atoms with Gasteiger partial charge in [-0.15, -0.1) is 0 Å². The molecule has 1 atom stereocenters. The SMILES string of the molecule is Cc1ccc2nc(N)n(C3CCOC(C)(C)C3)c2n1. The van der Waals surface area contributed by atoms with Gasteiger partial charge in [0.1, 0.15) is 5.52 Å². The molecular formula is C14H20N4O. The van der Waals surface area contributed by atoms with E-state index in [2.05, 4.69) is 28.4 Å². The molecule has 1 unspecified atom stereocenters. The predicted octanol–water partition coefficient (Wildman–Crippen LogP) is 2.45. The number of rotatable bonds is 1. The Morgan fingerprint density at radius 3 is 2.89 bits per heavy atom. The zero-order valence-electron chi connectivity index (χ0n) is 11.7. The number of pyridine rings is 1. The summed E-state index contributed by atoms with van der Waals surface area (Å²) in [5.41, 5.74) is 8.72. The number of aryl methyl sites for hydroxylation is 1. The molecule has 2 aromatic heterocycles. The van der Waals surface area contributed by atoms with Crippen LogP contribution < -0.4 is 5.73 Å². The van der Waals surface area contributed by atoms with Crippen molar-refractivity contribution in [2.45, 2.75) is 45.3 Å². The normalized spacial score (nSPS) is 22.8. The van der Waals surface area contributed by atoms with Gasteiger partial charge in [0, 0.05) is 18.3 Å². The van der Waals surface area contributed by atoms with E-state index in [4.69, 9.17) is 10.5 Å². The number of nitrogen functional groups attached to an aromatic ring is 1. The van der Waals surface area contributed by atoms with E-state index in [1.807, 2.05) is 19.1 Å². The van der Waals surface area contributed by atoms with E-state index < -0.39 is 0 Å². The molecule has 2 N–H and O–H groups in total. The molecule has 2 aromatic rings. The van der Waals surface area contributed by atoms with Gasteiger partial charge in [0.05, 0.1) is 5.60 Å². The van der Waals surface area contributed by atoms with Crippen molar-refractivity contribution in [2.75, 3.05) is 12.3 Å². The highest BCUT2D eigenvalue weighted by atomic mass is 16.5. The molecule has 1 aliphatic rings. The lowest BCUT2D eigenvalue weighted by atomic mass is 9.94. The summed E-state index contributed by atoms with van der Waals surface area (Å²) in [5.74, 6) is 0.552. The van der Waals surface area contributed by atoms with E-state index >= 15 is 0 Å². The van der Waals surface area contributed by atoms with E-state index in [0.29, 0.717) is 12.0 Å². The molecule has 0 radical (unpaired) electrons. The van der Waals surface area contributed by atoms with Crippen LogP contribution in [0.5, 0.6) is 0 Å². The van der Waals surface area contributed by atoms with Gasteiger partial charge in [0.25, 0.3) is 0 Å². The number of aromatic nitrogens is 3. The Bertz CT molecular complexity index is 617. The number of imidazole rings is 1. The fourth-order valence-corrected chi connectivity index (χ4v) is 2.87. The highest BCUT2D eigenvalue weighted by molar-refractivity contribution is 5.74. The van der Waals surface area contributed by atoms with Gasteiger partial charge in [-0.2, -0.15) is 0 Å². The molecule has 0 saturated carbocycles. The molecule has 0 aromatic carbocycles. The van der Waals surface area contributed by atoms with E-state index in [0.717, 1.165) is 36.3 Å². The third-order valence-electron chi connectivity index (χ3n) is 3.74. The largest absolute Gasteiger partial charge is 0.375 e. The lowest BCUT2D eigenvalue weighted by Gasteiger charge is -2.36. The number of anilines is 1. The molecule has 0 amide bonds. The molecule has 1 saturated heterocycles. The molecule has 0 spiro atoms. The molecule has 1 aliphatic heterocycles. The summed E-state index contributed by atoms with van der Waals surface area (Å²) < 4.78 is 7.85. The van der Waals surface area contributed by atoms with Crippen molar-refractivity contribution in [3.63, 3.8) is 0 Å². The number of fused-ring (bicyclic) bond motifs is 1. The van der Waals surface area contributed by atoms with E-state index in [1.165, 1.54) is 0 Å². The van der Waals surface area contributed by atoms with Gasteiger partial charge in [0.2, 0.25) is 5.95 Å². The minimum atomic E-state index is -0.115. The molecule has 102 valence electrons. The predicted molar refractivity (Wildman–Crippen MR) is 75.0 cm³/mol. The van der Waals surface area contributed by atoms with Crippen LogP contribution in [0.4, 0.5) is 5.95 Å². The lowest BCUT2D eigenvalue weighted by molar-refractivity contribution is -0.0682. The monoisotopic (exact) mass is 260 g/mol. The van der Waals surface area contributed by atoms with Gasteiger partial charge < -0.3 is 10.5 Å². The van der Waals surface area contributed by atoms with E-state index in [-0.39, 0.29) is 5.60 Å². The Morgan fingerprint density at radius 1 is 1.37 bits per heavy atom. The first kappa shape index (κ1) is 12.4. The van der Waals surface area contributed by atoms with Crippen LogP contribution in [-0.2, 0) is 4.74 Å². The van der Waals surface area contributed by atoms with Crippen molar-refractivity contribution < 1.29 is 4.74 Å². The summed E-state index contributed by atoms with van der Waals surface area (Å²) in [6, 6.07) is 4.25. The summed E-state index contributed by atoms with van der Waals surface area (Å²) in [6.07, 6.45) is 1.88. The number of nitrogens with zero attached hydrogens (tertiary/aromatic N) is 3. The molecule has 5 heteroatoms. The lowest BCUT2D eigenvalue weighted by Crippen LogP contribution is -2.35. The van der Waals surface area contributed by atoms with Crippen molar-refractivity contribution >= 4 is 17.1 Å². The average Bonchev–Trinajstić information content (AvgIpc) is 2.63. The molecular weight excluding hydrogens is 240 g/mol. The Hall–Kier alpha value is -1.62. The average molecular weight is 260 g/mol. The fourth-order valence-electron chi connectivity index (χ4n) is 2.87. The minimum Gasteiger partial charge on any atom is -0.375 e. The van der Waals surface area contributed by atoms with E-state index in [9.17, 15) is 0 Å². The van der Waals surface area contributed by atoms with Gasteiger partial charge in [-0.1, -0.05) is 0 Å². The minimum absolute atomic E-state index is 0.115. The van der Waals surface area contributed by atoms with Crippen LogP contribution >= 0.6 is 0 Å². The highest BCUT2D eigenvalue weighted by Crippen LogP contribution is 2.35. The summed E-state index contributed by atoms with van der Waals surface area (Å²) in [4.78, 5) is 9.01. The van der Waals surface area contributed by atoms with Crippen LogP contribution in [0.2, 0.25) is 0 Å². The molecule has 19 heavy (non-hydrogen) atoms. The van der Waals surface area contributed by atoms with Crippen LogP contribution in [-0.4, -0.2) is 26.7 Å². The number of ether oxygens (including phenoxy) is 1. The Morgan fingerprint density at radius 2 is 2.16 bits per heavy atom. The number of hydrogen-bond acceptors (Lipinski definition) is 4. The van der Waals surface area contributed by atoms with Gasteiger partial charge in [-0.25, -0.2) is 9.97 Å². The second kappa shape index (κ2) is 4.20. The van der Waals surface area contributed by atoms with Crippen LogP contribution in [0.1, 0.15) is 38.4 Å². The van der Waals surface area contributed by atoms with Crippen molar-refractivity contribution in [1.82, 2.24) is 14.5 Å². The first-order valence-electron chi connectivity index (χ1n) is 6.71. The maximum absolute atomic E-state index is 6.09. The Kier molecular flexibility index (Phi) is 2.74. The molecule has 1 fully saturated rings. The first-order chi connectivity index (χ1) is 8.96. The van der Waals surface area contributed by atoms with Gasteiger partial charge in [0.15, 0.2) is 5.65 Å². The van der Waals surface area contributed by atoms with E-state index in [1.54, 1.807) is 0 Å². The van der Waals surface area contributed by atoms with Crippen LogP contribution in [0, 0.1) is 6.92 Å². The maximum atomic E-state index is 6.09. The highest BCUT2D eigenvalue weighted by Gasteiger charge is 2.31. The van der Waals surface area contributed by atoms with Gasteiger partial charge in [-0.3, -0.25) is 4.57 Å². The second-order valence-electron chi connectivity index (χ2n) is 5.89. The smallest absolute Gasteiger partial charge is 0.202 e. The molecule has 0 bridgehead atoms. The van der Waals surface area contributed by atoms with Crippen molar-refractivity contribution in [1.29, 1.82) is 0 Å². The second-order valence-corrected chi connectivity index (χ2v) is 5.89. The third-order valence-corrected chi connectivity index (χ3v) is 3.74. The number of hydrogen-bond donors (Lipinski definition) is 1. The molecule has 0 aliphatic carbocycles. The summed E-state index contributed by atoms with van der Waals surface area (Å²) in [7, 11) is 0. The van der Waals surface area contributed by atoms with Crippen molar-refractivity contribution in [3.05, 3.63) is 17.8 Å². The molecule has 3 rings (SSSR count). The van der Waals surface area contributed by atoms with Crippen molar-refractivity contribution in [2.24, 2.45) is 0 Å². The zero-order valence-corrected chi connectivity index (χ0v) is 11.7. The van der Waals surface area contributed by atoms with Gasteiger partial charge in [-0.05, 0) is 45.7 Å². The third kappa shape index (κ3) is 2.18. The topological polar surface area (TPSA) is 66.0 Å². The van der Waals surface area contributed by atoms with Gasteiger partial charge >= 0.3 is 0 Å². The van der Waals surface area contributed by atoms with Crippen LogP contribution in [0.3, 0.4) is 0 Å². The fraction of sp³-hybridized carbons (Fsp3) is 0.571.